The molecule has 0 fully saturated rings. The maximum Gasteiger partial charge on any atom is 0.421 e. The van der Waals surface area contributed by atoms with Gasteiger partial charge < -0.3 is 10.2 Å². The molecule has 5 nitrogen and oxygen atoms in total. The number of halogens is 2. The third-order valence-electron chi connectivity index (χ3n) is 2.07. The first-order valence-electron chi connectivity index (χ1n) is 5.25. The number of benzene rings is 1. The number of amides is 1. The van der Waals surface area contributed by atoms with Gasteiger partial charge in [0, 0.05) is 16.6 Å². The molecule has 1 unspecified atom stereocenters. The van der Waals surface area contributed by atoms with Crippen LogP contribution in [-0.2, 0) is 6.54 Å². The van der Waals surface area contributed by atoms with Crippen molar-refractivity contribution >= 4 is 29.3 Å². The van der Waals surface area contributed by atoms with Gasteiger partial charge in [-0.3, -0.25) is 0 Å². The van der Waals surface area contributed by atoms with Crippen LogP contribution in [0.15, 0.2) is 18.2 Å². The summed E-state index contributed by atoms with van der Waals surface area (Å²) in [5.41, 5.74) is 3.43. The molecule has 7 heteroatoms. The van der Waals surface area contributed by atoms with Crippen LogP contribution in [0, 0.1) is 0 Å². The van der Waals surface area contributed by atoms with E-state index in [1.165, 1.54) is 6.92 Å². The van der Waals surface area contributed by atoms with E-state index in [9.17, 15) is 4.79 Å². The summed E-state index contributed by atoms with van der Waals surface area (Å²) >= 11 is 11.7. The summed E-state index contributed by atoms with van der Waals surface area (Å²) in [7, 11) is 0. The molecule has 0 aliphatic carbocycles. The van der Waals surface area contributed by atoms with E-state index in [1.807, 2.05) is 0 Å². The SMILES string of the molecule is CC(O)CN(NCc1cc(Cl)cc(Cl)c1)C(=O)O. The summed E-state index contributed by atoms with van der Waals surface area (Å²) in [6.45, 7) is 1.73. The fraction of sp³-hybridized carbons (Fsp3) is 0.364. The molecule has 1 rings (SSSR count). The lowest BCUT2D eigenvalue weighted by Gasteiger charge is -2.21. The number of aliphatic hydroxyl groups excluding tert-OH is 1. The second kappa shape index (κ2) is 6.80. The minimum absolute atomic E-state index is 0.0242. The monoisotopic (exact) mass is 292 g/mol. The summed E-state index contributed by atoms with van der Waals surface area (Å²) in [6.07, 6.45) is -1.92. The van der Waals surface area contributed by atoms with Crippen molar-refractivity contribution in [3.05, 3.63) is 33.8 Å². The Bertz CT molecular complexity index is 406. The minimum Gasteiger partial charge on any atom is -0.464 e. The zero-order chi connectivity index (χ0) is 13.7. The zero-order valence-corrected chi connectivity index (χ0v) is 11.2. The molecule has 0 aliphatic rings. The molecule has 1 atom stereocenters. The van der Waals surface area contributed by atoms with Gasteiger partial charge in [0.25, 0.3) is 0 Å². The van der Waals surface area contributed by atoms with Gasteiger partial charge in [0.05, 0.1) is 12.6 Å². The molecule has 1 aromatic carbocycles. The molecule has 0 heterocycles. The fourth-order valence-electron chi connectivity index (χ4n) is 1.37. The lowest BCUT2D eigenvalue weighted by atomic mass is 10.2. The Morgan fingerprint density at radius 3 is 2.39 bits per heavy atom. The van der Waals surface area contributed by atoms with Crippen molar-refractivity contribution in [1.82, 2.24) is 10.4 Å². The fourth-order valence-corrected chi connectivity index (χ4v) is 1.95. The van der Waals surface area contributed by atoms with Crippen LogP contribution >= 0.6 is 23.2 Å². The molecular weight excluding hydrogens is 279 g/mol. The number of nitrogens with zero attached hydrogens (tertiary/aromatic N) is 1. The zero-order valence-electron chi connectivity index (χ0n) is 9.73. The number of hydrazine groups is 1. The van der Waals surface area contributed by atoms with Crippen LogP contribution in [0.1, 0.15) is 12.5 Å². The molecule has 0 aliphatic heterocycles. The van der Waals surface area contributed by atoms with E-state index in [0.717, 1.165) is 10.6 Å². The predicted octanol–water partition coefficient (Wildman–Crippen LogP) is 2.36. The molecule has 18 heavy (non-hydrogen) atoms. The van der Waals surface area contributed by atoms with E-state index in [1.54, 1.807) is 18.2 Å². The van der Waals surface area contributed by atoms with E-state index < -0.39 is 12.2 Å². The highest BCUT2D eigenvalue weighted by Gasteiger charge is 2.13. The quantitative estimate of drug-likeness (QED) is 0.729. The van der Waals surface area contributed by atoms with Gasteiger partial charge in [0.15, 0.2) is 0 Å². The Kier molecular flexibility index (Phi) is 5.68. The van der Waals surface area contributed by atoms with Crippen LogP contribution in [0.2, 0.25) is 10.0 Å². The van der Waals surface area contributed by atoms with Gasteiger partial charge in [-0.15, -0.1) is 0 Å². The average Bonchev–Trinajstić information content (AvgIpc) is 2.21. The molecule has 1 aromatic rings. The Hall–Kier alpha value is -1.01. The first kappa shape index (κ1) is 15.0. The third-order valence-corrected chi connectivity index (χ3v) is 2.51. The van der Waals surface area contributed by atoms with Crippen molar-refractivity contribution in [3.63, 3.8) is 0 Å². The first-order valence-corrected chi connectivity index (χ1v) is 6.01. The highest BCUT2D eigenvalue weighted by Crippen LogP contribution is 2.18. The smallest absolute Gasteiger partial charge is 0.421 e. The number of aliphatic hydroxyl groups is 1. The van der Waals surface area contributed by atoms with E-state index in [4.69, 9.17) is 33.4 Å². The van der Waals surface area contributed by atoms with Crippen LogP contribution in [0.5, 0.6) is 0 Å². The van der Waals surface area contributed by atoms with E-state index in [2.05, 4.69) is 5.43 Å². The number of carboxylic acid groups (broad SMARTS) is 1. The van der Waals surface area contributed by atoms with Gasteiger partial charge >= 0.3 is 6.09 Å². The van der Waals surface area contributed by atoms with Crippen molar-refractivity contribution in [3.8, 4) is 0 Å². The topological polar surface area (TPSA) is 72.8 Å². The highest BCUT2D eigenvalue weighted by atomic mass is 35.5. The summed E-state index contributed by atoms with van der Waals surface area (Å²) < 4.78 is 0. The summed E-state index contributed by atoms with van der Waals surface area (Å²) in [6, 6.07) is 4.96. The summed E-state index contributed by atoms with van der Waals surface area (Å²) in [5, 5.41) is 20.0. The Morgan fingerprint density at radius 2 is 1.94 bits per heavy atom. The average molecular weight is 293 g/mol. The van der Waals surface area contributed by atoms with Gasteiger partial charge in [-0.05, 0) is 30.7 Å². The minimum atomic E-state index is -1.16. The van der Waals surface area contributed by atoms with Crippen molar-refractivity contribution in [1.29, 1.82) is 0 Å². The Balaban J connectivity index is 2.63. The summed E-state index contributed by atoms with van der Waals surface area (Å²) in [4.78, 5) is 10.9. The van der Waals surface area contributed by atoms with Crippen LogP contribution in [0.4, 0.5) is 4.79 Å². The predicted molar refractivity (Wildman–Crippen MR) is 69.7 cm³/mol. The molecular formula is C11H14Cl2N2O3. The number of hydrogen-bond acceptors (Lipinski definition) is 3. The van der Waals surface area contributed by atoms with Crippen LogP contribution in [0.3, 0.4) is 0 Å². The van der Waals surface area contributed by atoms with Crippen molar-refractivity contribution in [2.24, 2.45) is 0 Å². The van der Waals surface area contributed by atoms with E-state index >= 15 is 0 Å². The molecule has 0 saturated heterocycles. The molecule has 1 amide bonds. The largest absolute Gasteiger partial charge is 0.464 e. The molecule has 0 aromatic heterocycles. The molecule has 0 spiro atoms. The molecule has 0 radical (unpaired) electrons. The number of hydrogen-bond donors (Lipinski definition) is 3. The van der Waals surface area contributed by atoms with Gasteiger partial charge in [-0.1, -0.05) is 23.2 Å². The van der Waals surface area contributed by atoms with Crippen LogP contribution in [0.25, 0.3) is 0 Å². The van der Waals surface area contributed by atoms with E-state index in [0.29, 0.717) is 10.0 Å². The lowest BCUT2D eigenvalue weighted by molar-refractivity contribution is 0.0781. The van der Waals surface area contributed by atoms with Gasteiger partial charge in [0.2, 0.25) is 0 Å². The number of nitrogens with one attached hydrogen (secondary N) is 1. The molecule has 0 saturated carbocycles. The van der Waals surface area contributed by atoms with Crippen LogP contribution in [-0.4, -0.2) is 34.0 Å². The highest BCUT2D eigenvalue weighted by molar-refractivity contribution is 6.34. The lowest BCUT2D eigenvalue weighted by Crippen LogP contribution is -2.45. The van der Waals surface area contributed by atoms with Gasteiger partial charge in [0.1, 0.15) is 0 Å². The normalized spacial score (nSPS) is 12.2. The molecule has 0 bridgehead atoms. The van der Waals surface area contributed by atoms with Crippen molar-refractivity contribution in [2.45, 2.75) is 19.6 Å². The maximum absolute atomic E-state index is 10.9. The first-order chi connectivity index (χ1) is 8.38. The van der Waals surface area contributed by atoms with Crippen LogP contribution < -0.4 is 5.43 Å². The second-order valence-electron chi connectivity index (χ2n) is 3.85. The third kappa shape index (κ3) is 5.10. The maximum atomic E-state index is 10.9. The van der Waals surface area contributed by atoms with E-state index in [-0.39, 0.29) is 13.1 Å². The molecule has 100 valence electrons. The number of rotatable bonds is 5. The second-order valence-corrected chi connectivity index (χ2v) is 4.73. The Labute approximate surface area is 115 Å². The van der Waals surface area contributed by atoms with Gasteiger partial charge in [-0.2, -0.15) is 0 Å². The number of carbonyl (C=O) groups is 1. The van der Waals surface area contributed by atoms with Crippen molar-refractivity contribution in [2.75, 3.05) is 6.54 Å². The molecule has 3 N–H and O–H groups in total. The summed E-state index contributed by atoms with van der Waals surface area (Å²) in [5.74, 6) is 0. The van der Waals surface area contributed by atoms with Crippen molar-refractivity contribution < 1.29 is 15.0 Å². The van der Waals surface area contributed by atoms with Gasteiger partial charge in [-0.25, -0.2) is 15.2 Å². The standard InChI is InChI=1S/C11H14Cl2N2O3/c1-7(16)6-15(11(17)18)14-5-8-2-9(12)4-10(13)3-8/h2-4,7,14,16H,5-6H2,1H3,(H,17,18). The Morgan fingerprint density at radius 1 is 1.39 bits per heavy atom.